The van der Waals surface area contributed by atoms with Crippen molar-refractivity contribution in [1.82, 2.24) is 10.2 Å². The number of ether oxygens (including phenoxy) is 1. The van der Waals surface area contributed by atoms with Crippen molar-refractivity contribution < 1.29 is 19.7 Å². The predicted molar refractivity (Wildman–Crippen MR) is 106 cm³/mol. The SMILES string of the molecule is CN(Cc1ccccc1)[C@@H]1[C@H](O)[C@H](CO)O[C@@H]1CNC(=O)C1CCCC1.Cl. The number of nitrogens with one attached hydrogen (secondary N) is 1. The molecule has 1 saturated carbocycles. The van der Waals surface area contributed by atoms with E-state index in [1.54, 1.807) is 0 Å². The minimum Gasteiger partial charge on any atom is -0.394 e. The molecule has 0 unspecified atom stereocenters. The van der Waals surface area contributed by atoms with E-state index in [2.05, 4.69) is 5.32 Å². The molecule has 27 heavy (non-hydrogen) atoms. The molecule has 7 heteroatoms. The topological polar surface area (TPSA) is 82.0 Å². The molecule has 6 nitrogen and oxygen atoms in total. The fourth-order valence-corrected chi connectivity index (χ4v) is 4.20. The lowest BCUT2D eigenvalue weighted by molar-refractivity contribution is -0.125. The quantitative estimate of drug-likeness (QED) is 0.645. The molecule has 4 atom stereocenters. The van der Waals surface area contributed by atoms with E-state index >= 15 is 0 Å². The molecule has 152 valence electrons. The summed E-state index contributed by atoms with van der Waals surface area (Å²) < 4.78 is 5.85. The van der Waals surface area contributed by atoms with E-state index in [9.17, 15) is 15.0 Å². The zero-order valence-corrected chi connectivity index (χ0v) is 16.6. The van der Waals surface area contributed by atoms with Crippen LogP contribution in [0.25, 0.3) is 0 Å². The standard InChI is InChI=1S/C20H30N2O4.ClH/c1-22(12-14-7-3-2-4-8-14)18-16(26-17(13-23)19(18)24)11-21-20(25)15-9-5-6-10-15;/h2-4,7-8,15-19,23-24H,5-6,9-13H2,1H3,(H,21,25);1H/t16-,17+,18+,19-;/m1./s1. The molecule has 0 radical (unpaired) electrons. The maximum atomic E-state index is 12.3. The maximum Gasteiger partial charge on any atom is 0.223 e. The van der Waals surface area contributed by atoms with Crippen LogP contribution in [0, 0.1) is 5.92 Å². The molecule has 1 heterocycles. The van der Waals surface area contributed by atoms with Crippen LogP contribution in [0.2, 0.25) is 0 Å². The summed E-state index contributed by atoms with van der Waals surface area (Å²) in [6.07, 6.45) is 2.39. The van der Waals surface area contributed by atoms with Gasteiger partial charge in [-0.1, -0.05) is 43.2 Å². The Bertz CT molecular complexity index is 583. The number of likely N-dealkylation sites (N-methyl/N-ethyl adjacent to an activating group) is 1. The fourth-order valence-electron chi connectivity index (χ4n) is 4.20. The Morgan fingerprint density at radius 2 is 1.89 bits per heavy atom. The summed E-state index contributed by atoms with van der Waals surface area (Å²) in [4.78, 5) is 14.4. The zero-order valence-electron chi connectivity index (χ0n) is 15.8. The number of nitrogens with zero attached hydrogens (tertiary/aromatic N) is 1. The summed E-state index contributed by atoms with van der Waals surface area (Å²) in [6, 6.07) is 9.75. The number of carbonyl (C=O) groups excluding carboxylic acids is 1. The molecule has 2 fully saturated rings. The van der Waals surface area contributed by atoms with Crippen molar-refractivity contribution in [1.29, 1.82) is 0 Å². The van der Waals surface area contributed by atoms with Crippen LogP contribution in [-0.2, 0) is 16.1 Å². The monoisotopic (exact) mass is 398 g/mol. The first-order valence-corrected chi connectivity index (χ1v) is 9.56. The molecule has 3 rings (SSSR count). The van der Waals surface area contributed by atoms with Crippen LogP contribution in [-0.4, -0.2) is 65.6 Å². The van der Waals surface area contributed by atoms with Gasteiger partial charge >= 0.3 is 0 Å². The van der Waals surface area contributed by atoms with Gasteiger partial charge in [-0.25, -0.2) is 0 Å². The highest BCUT2D eigenvalue weighted by Crippen LogP contribution is 2.27. The van der Waals surface area contributed by atoms with E-state index in [-0.39, 0.29) is 43.0 Å². The van der Waals surface area contributed by atoms with Crippen LogP contribution in [0.4, 0.5) is 0 Å². The van der Waals surface area contributed by atoms with Crippen molar-refractivity contribution in [2.24, 2.45) is 5.92 Å². The number of aliphatic hydroxyl groups is 2. The Labute approximate surface area is 167 Å². The van der Waals surface area contributed by atoms with Crippen molar-refractivity contribution in [2.75, 3.05) is 20.2 Å². The lowest BCUT2D eigenvalue weighted by atomic mass is 10.0. The van der Waals surface area contributed by atoms with Gasteiger partial charge in [0.1, 0.15) is 12.2 Å². The average molecular weight is 399 g/mol. The summed E-state index contributed by atoms with van der Waals surface area (Å²) in [5.41, 5.74) is 1.14. The van der Waals surface area contributed by atoms with Crippen LogP contribution in [0.1, 0.15) is 31.2 Å². The van der Waals surface area contributed by atoms with Crippen LogP contribution in [0.5, 0.6) is 0 Å². The molecule has 1 amide bonds. The Hall–Kier alpha value is -1.18. The minimum absolute atomic E-state index is 0. The maximum absolute atomic E-state index is 12.3. The lowest BCUT2D eigenvalue weighted by Crippen LogP contribution is -2.49. The number of aliphatic hydroxyl groups excluding tert-OH is 2. The lowest BCUT2D eigenvalue weighted by Gasteiger charge is -2.30. The third-order valence-electron chi connectivity index (χ3n) is 5.63. The van der Waals surface area contributed by atoms with E-state index in [0.717, 1.165) is 31.2 Å². The summed E-state index contributed by atoms with van der Waals surface area (Å²) in [5.74, 6) is 0.188. The van der Waals surface area contributed by atoms with Gasteiger partial charge in [-0.05, 0) is 25.5 Å². The Morgan fingerprint density at radius 3 is 2.52 bits per heavy atom. The van der Waals surface area contributed by atoms with E-state index < -0.39 is 12.2 Å². The predicted octanol–water partition coefficient (Wildman–Crippen LogP) is 1.34. The Balaban J connectivity index is 0.00000261. The largest absolute Gasteiger partial charge is 0.394 e. The number of benzene rings is 1. The molecule has 1 aliphatic carbocycles. The number of hydrogen-bond donors (Lipinski definition) is 3. The molecule has 1 aromatic rings. The van der Waals surface area contributed by atoms with Crippen molar-refractivity contribution in [3.63, 3.8) is 0 Å². The molecule has 0 spiro atoms. The molecule has 0 aromatic heterocycles. The third-order valence-corrected chi connectivity index (χ3v) is 5.63. The van der Waals surface area contributed by atoms with E-state index in [1.807, 2.05) is 42.3 Å². The van der Waals surface area contributed by atoms with Gasteiger partial charge in [-0.2, -0.15) is 0 Å². The van der Waals surface area contributed by atoms with E-state index in [1.165, 1.54) is 0 Å². The summed E-state index contributed by atoms with van der Waals surface area (Å²) in [6.45, 7) is 0.785. The molecule has 1 aliphatic heterocycles. The van der Waals surface area contributed by atoms with Gasteiger partial charge < -0.3 is 20.3 Å². The van der Waals surface area contributed by atoms with Crippen LogP contribution in [0.3, 0.4) is 0 Å². The molecule has 2 aliphatic rings. The minimum atomic E-state index is -0.790. The zero-order chi connectivity index (χ0) is 18.5. The second-order valence-electron chi connectivity index (χ2n) is 7.50. The summed E-state index contributed by atoms with van der Waals surface area (Å²) in [5, 5.41) is 23.1. The van der Waals surface area contributed by atoms with Crippen molar-refractivity contribution in [2.45, 2.75) is 56.6 Å². The summed E-state index contributed by atoms with van der Waals surface area (Å²) >= 11 is 0. The molecular weight excluding hydrogens is 368 g/mol. The molecular formula is C20H31ClN2O4. The molecule has 3 N–H and O–H groups in total. The highest BCUT2D eigenvalue weighted by Gasteiger charge is 2.45. The highest BCUT2D eigenvalue weighted by molar-refractivity contribution is 5.85. The first-order valence-electron chi connectivity index (χ1n) is 9.56. The highest BCUT2D eigenvalue weighted by atomic mass is 35.5. The average Bonchev–Trinajstić information content (AvgIpc) is 3.28. The second-order valence-corrected chi connectivity index (χ2v) is 7.50. The molecule has 0 bridgehead atoms. The number of hydrogen-bond acceptors (Lipinski definition) is 5. The van der Waals surface area contributed by atoms with Gasteiger partial charge in [0.2, 0.25) is 5.91 Å². The van der Waals surface area contributed by atoms with Crippen molar-refractivity contribution in [3.05, 3.63) is 35.9 Å². The van der Waals surface area contributed by atoms with Gasteiger partial charge in [0, 0.05) is 19.0 Å². The van der Waals surface area contributed by atoms with Crippen molar-refractivity contribution in [3.8, 4) is 0 Å². The molecule has 1 saturated heterocycles. The summed E-state index contributed by atoms with van der Waals surface area (Å²) in [7, 11) is 1.94. The first kappa shape index (κ1) is 22.1. The fraction of sp³-hybridized carbons (Fsp3) is 0.650. The number of halogens is 1. The van der Waals surface area contributed by atoms with Gasteiger partial charge in [0.05, 0.1) is 18.8 Å². The van der Waals surface area contributed by atoms with Crippen LogP contribution in [0.15, 0.2) is 30.3 Å². The van der Waals surface area contributed by atoms with Gasteiger partial charge in [-0.3, -0.25) is 9.69 Å². The van der Waals surface area contributed by atoms with Crippen LogP contribution < -0.4 is 5.32 Å². The van der Waals surface area contributed by atoms with Gasteiger partial charge in [0.15, 0.2) is 0 Å². The third kappa shape index (κ3) is 5.42. The van der Waals surface area contributed by atoms with Gasteiger partial charge in [0.25, 0.3) is 0 Å². The first-order chi connectivity index (χ1) is 12.6. The van der Waals surface area contributed by atoms with Gasteiger partial charge in [-0.15, -0.1) is 12.4 Å². The normalized spacial score (nSPS) is 28.3. The van der Waals surface area contributed by atoms with Crippen LogP contribution >= 0.6 is 12.4 Å². The van der Waals surface area contributed by atoms with E-state index in [4.69, 9.17) is 4.74 Å². The Kier molecular flexibility index (Phi) is 8.51. The molecule has 1 aromatic carbocycles. The second kappa shape index (κ2) is 10.4. The van der Waals surface area contributed by atoms with E-state index in [0.29, 0.717) is 13.1 Å². The number of rotatable bonds is 7. The Morgan fingerprint density at radius 1 is 1.22 bits per heavy atom. The number of carbonyl (C=O) groups is 1. The number of amides is 1. The van der Waals surface area contributed by atoms with Crippen molar-refractivity contribution >= 4 is 18.3 Å². The smallest absolute Gasteiger partial charge is 0.223 e.